The van der Waals surface area contributed by atoms with Crippen LogP contribution in [0, 0.1) is 5.92 Å². The topological polar surface area (TPSA) is 29.1 Å². The Morgan fingerprint density at radius 2 is 1.89 bits per heavy atom. The van der Waals surface area contributed by atoms with E-state index in [1.165, 1.54) is 30.4 Å². The molecular weight excluding hydrogens is 389 g/mol. The van der Waals surface area contributed by atoms with E-state index in [0.717, 1.165) is 36.9 Å². The van der Waals surface area contributed by atoms with Crippen molar-refractivity contribution in [2.75, 3.05) is 0 Å². The Morgan fingerprint density at radius 1 is 1.04 bits per heavy atom. The van der Waals surface area contributed by atoms with Crippen molar-refractivity contribution in [1.29, 1.82) is 0 Å². The molecule has 0 amide bonds. The molecule has 2 nitrogen and oxygen atoms in total. The van der Waals surface area contributed by atoms with Gasteiger partial charge < -0.3 is 5.32 Å². The lowest BCUT2D eigenvalue weighted by Gasteiger charge is -2.31. The Kier molecular flexibility index (Phi) is 6.20. The van der Waals surface area contributed by atoms with E-state index in [1.807, 2.05) is 42.5 Å². The maximum Gasteiger partial charge on any atom is 0.186 e. The fourth-order valence-electron chi connectivity index (χ4n) is 4.55. The predicted molar refractivity (Wildman–Crippen MR) is 116 cm³/mol. The van der Waals surface area contributed by atoms with Crippen molar-refractivity contribution >= 4 is 29.0 Å². The Morgan fingerprint density at radius 3 is 2.75 bits per heavy atom. The van der Waals surface area contributed by atoms with E-state index in [9.17, 15) is 4.79 Å². The monoisotopic (exact) mass is 413 g/mol. The van der Waals surface area contributed by atoms with Gasteiger partial charge in [-0.3, -0.25) is 4.79 Å². The number of ketones is 1. The molecule has 1 fully saturated rings. The minimum absolute atomic E-state index is 0.168. The molecule has 0 bridgehead atoms. The summed E-state index contributed by atoms with van der Waals surface area (Å²) in [6.45, 7) is 0.808. The lowest BCUT2D eigenvalue weighted by molar-refractivity contribution is 0.104. The van der Waals surface area contributed by atoms with Gasteiger partial charge in [-0.15, -0.1) is 0 Å². The molecular formula is C24H25Cl2NO. The summed E-state index contributed by atoms with van der Waals surface area (Å²) in [5.41, 5.74) is 4.50. The first kappa shape index (κ1) is 19.7. The van der Waals surface area contributed by atoms with Crippen LogP contribution in [-0.4, -0.2) is 11.8 Å². The fourth-order valence-corrected chi connectivity index (χ4v) is 4.87. The Hall–Kier alpha value is -1.61. The van der Waals surface area contributed by atoms with Crippen LogP contribution in [0.3, 0.4) is 0 Å². The minimum atomic E-state index is 0.168. The van der Waals surface area contributed by atoms with Gasteiger partial charge in [0.05, 0.1) is 10.0 Å². The fraction of sp³-hybridized carbons (Fsp3) is 0.375. The molecule has 2 aliphatic rings. The predicted octanol–water partition coefficient (Wildman–Crippen LogP) is 6.40. The smallest absolute Gasteiger partial charge is 0.186 e. The van der Waals surface area contributed by atoms with Crippen LogP contribution < -0.4 is 5.32 Å². The molecule has 4 heteroatoms. The molecule has 1 saturated carbocycles. The molecule has 2 aromatic carbocycles. The summed E-state index contributed by atoms with van der Waals surface area (Å²) >= 11 is 12.1. The number of hydrogen-bond donors (Lipinski definition) is 1. The van der Waals surface area contributed by atoms with E-state index < -0.39 is 0 Å². The maximum atomic E-state index is 12.4. The Bertz CT molecular complexity index is 905. The van der Waals surface area contributed by atoms with Crippen LogP contribution in [0.15, 0.2) is 54.1 Å². The number of halogens is 2. The van der Waals surface area contributed by atoms with Gasteiger partial charge in [-0.05, 0) is 60.9 Å². The van der Waals surface area contributed by atoms with E-state index in [2.05, 4.69) is 11.4 Å². The van der Waals surface area contributed by atoms with Gasteiger partial charge in [0.15, 0.2) is 5.78 Å². The number of nitrogens with one attached hydrogen (secondary N) is 1. The van der Waals surface area contributed by atoms with E-state index in [1.54, 1.807) is 0 Å². The Labute approximate surface area is 176 Å². The summed E-state index contributed by atoms with van der Waals surface area (Å²) < 4.78 is 0. The van der Waals surface area contributed by atoms with Crippen LogP contribution in [0.1, 0.15) is 53.6 Å². The summed E-state index contributed by atoms with van der Waals surface area (Å²) in [4.78, 5) is 12.4. The second-order valence-electron chi connectivity index (χ2n) is 8.06. The molecule has 2 aliphatic carbocycles. The third-order valence-electron chi connectivity index (χ3n) is 5.95. The van der Waals surface area contributed by atoms with Crippen molar-refractivity contribution in [2.24, 2.45) is 5.92 Å². The van der Waals surface area contributed by atoms with Gasteiger partial charge in [-0.2, -0.15) is 0 Å². The van der Waals surface area contributed by atoms with Gasteiger partial charge >= 0.3 is 0 Å². The van der Waals surface area contributed by atoms with Gasteiger partial charge in [0.2, 0.25) is 0 Å². The zero-order valence-electron chi connectivity index (χ0n) is 15.9. The minimum Gasteiger partial charge on any atom is -0.310 e. The van der Waals surface area contributed by atoms with Gasteiger partial charge in [0, 0.05) is 18.2 Å². The van der Waals surface area contributed by atoms with Crippen LogP contribution in [0.4, 0.5) is 0 Å². The zero-order chi connectivity index (χ0) is 19.5. The molecule has 0 radical (unpaired) electrons. The number of carbonyl (C=O) groups excluding carboxylic acids is 1. The molecule has 0 aromatic heterocycles. The number of allylic oxidation sites excluding steroid dienone is 2. The summed E-state index contributed by atoms with van der Waals surface area (Å²) in [6.07, 6.45) is 8.69. The van der Waals surface area contributed by atoms with Gasteiger partial charge in [-0.25, -0.2) is 0 Å². The average molecular weight is 414 g/mol. The summed E-state index contributed by atoms with van der Waals surface area (Å²) in [5, 5.41) is 4.89. The molecule has 0 spiro atoms. The number of rotatable bonds is 5. The number of hydrogen-bond acceptors (Lipinski definition) is 2. The second kappa shape index (κ2) is 8.82. The highest BCUT2D eigenvalue weighted by Gasteiger charge is 2.25. The normalized spacial score (nSPS) is 21.9. The van der Waals surface area contributed by atoms with Crippen LogP contribution in [0.25, 0.3) is 0 Å². The molecule has 0 saturated heterocycles. The lowest BCUT2D eigenvalue weighted by Crippen LogP contribution is -2.34. The number of carbonyl (C=O) groups is 1. The van der Waals surface area contributed by atoms with Gasteiger partial charge in [-0.1, -0.05) is 71.9 Å². The lowest BCUT2D eigenvalue weighted by atomic mass is 9.79. The van der Waals surface area contributed by atoms with Crippen molar-refractivity contribution in [1.82, 2.24) is 5.32 Å². The summed E-state index contributed by atoms with van der Waals surface area (Å²) in [5.74, 6) is 0.811. The quantitative estimate of drug-likeness (QED) is 0.614. The standard InChI is InChI=1S/C24H25Cl2NO/c25-22-9-8-17(13-23(22)26)15-27-20-6-3-4-16(12-20)10-18-11-19-5-1-2-7-21(19)24(28)14-18/h1-2,5,7-9,13-14,16,20,27H,3-4,6,10-12,15H2/t16-,20-/m0/s1. The summed E-state index contributed by atoms with van der Waals surface area (Å²) in [6, 6.07) is 14.3. The van der Waals surface area contributed by atoms with Crippen molar-refractivity contribution in [3.63, 3.8) is 0 Å². The molecule has 146 valence electrons. The molecule has 2 aromatic rings. The Balaban J connectivity index is 1.33. The first-order valence-electron chi connectivity index (χ1n) is 10.1. The largest absolute Gasteiger partial charge is 0.310 e. The highest BCUT2D eigenvalue weighted by Crippen LogP contribution is 2.33. The summed E-state index contributed by atoms with van der Waals surface area (Å²) in [7, 11) is 0. The molecule has 28 heavy (non-hydrogen) atoms. The van der Waals surface area contributed by atoms with Crippen LogP contribution in [0.2, 0.25) is 10.0 Å². The molecule has 1 N–H and O–H groups in total. The molecule has 4 rings (SSSR count). The zero-order valence-corrected chi connectivity index (χ0v) is 17.4. The molecule has 0 aliphatic heterocycles. The third kappa shape index (κ3) is 4.68. The average Bonchev–Trinajstić information content (AvgIpc) is 2.69. The third-order valence-corrected chi connectivity index (χ3v) is 6.69. The van der Waals surface area contributed by atoms with Crippen LogP contribution in [-0.2, 0) is 13.0 Å². The first-order chi connectivity index (χ1) is 13.6. The van der Waals surface area contributed by atoms with Crippen molar-refractivity contribution < 1.29 is 4.79 Å². The SMILES string of the molecule is O=C1C=C(C[C@@H]2CCC[C@H](NCc3ccc(Cl)c(Cl)c3)C2)Cc2ccccc21. The van der Waals surface area contributed by atoms with Gasteiger partial charge in [0.25, 0.3) is 0 Å². The maximum absolute atomic E-state index is 12.4. The van der Waals surface area contributed by atoms with Crippen LogP contribution >= 0.6 is 23.2 Å². The van der Waals surface area contributed by atoms with Crippen LogP contribution in [0.5, 0.6) is 0 Å². The van der Waals surface area contributed by atoms with E-state index in [4.69, 9.17) is 23.2 Å². The molecule has 0 heterocycles. The molecule has 0 unspecified atom stereocenters. The van der Waals surface area contributed by atoms with E-state index >= 15 is 0 Å². The van der Waals surface area contributed by atoms with Gasteiger partial charge in [0.1, 0.15) is 0 Å². The van der Waals surface area contributed by atoms with E-state index in [0.29, 0.717) is 22.0 Å². The highest BCUT2D eigenvalue weighted by molar-refractivity contribution is 6.42. The first-order valence-corrected chi connectivity index (χ1v) is 10.8. The number of fused-ring (bicyclic) bond motifs is 1. The highest BCUT2D eigenvalue weighted by atomic mass is 35.5. The van der Waals surface area contributed by atoms with Crippen molar-refractivity contribution in [3.8, 4) is 0 Å². The molecule has 2 atom stereocenters. The van der Waals surface area contributed by atoms with Crippen molar-refractivity contribution in [3.05, 3.63) is 80.8 Å². The second-order valence-corrected chi connectivity index (χ2v) is 8.88. The van der Waals surface area contributed by atoms with Crippen molar-refractivity contribution in [2.45, 2.75) is 51.1 Å². The van der Waals surface area contributed by atoms with E-state index in [-0.39, 0.29) is 5.78 Å². The number of benzene rings is 2.